The molecule has 1 atom stereocenters. The number of nitrogens with one attached hydrogen (secondary N) is 1. The zero-order valence-corrected chi connectivity index (χ0v) is 13.8. The Morgan fingerprint density at radius 2 is 1.88 bits per heavy atom. The molecule has 0 saturated carbocycles. The molecule has 2 fully saturated rings. The molecule has 2 aliphatic heterocycles. The van der Waals surface area contributed by atoms with Crippen LogP contribution in [0.1, 0.15) is 18.4 Å². The maximum Gasteiger partial charge on any atom is 0.317 e. The molecule has 25 heavy (non-hydrogen) atoms. The minimum Gasteiger partial charge on any atom is -0.368 e. The van der Waals surface area contributed by atoms with Gasteiger partial charge in [-0.1, -0.05) is 0 Å². The summed E-state index contributed by atoms with van der Waals surface area (Å²) in [6.07, 6.45) is 1.30. The summed E-state index contributed by atoms with van der Waals surface area (Å²) in [7, 11) is 0. The van der Waals surface area contributed by atoms with Crippen molar-refractivity contribution in [3.63, 3.8) is 0 Å². The number of benzene rings is 1. The van der Waals surface area contributed by atoms with Gasteiger partial charge >= 0.3 is 6.03 Å². The SMILES string of the molecule is O=C(NCc1cc(F)ccc1F)N1CCN(C(=O)C2CCCO2)CC1. The Bertz CT molecular complexity index is 642. The molecular formula is C17H21F2N3O3. The van der Waals surface area contributed by atoms with Gasteiger partial charge in [0.15, 0.2) is 0 Å². The lowest BCUT2D eigenvalue weighted by Gasteiger charge is -2.35. The monoisotopic (exact) mass is 353 g/mol. The highest BCUT2D eigenvalue weighted by Gasteiger charge is 2.31. The first-order valence-electron chi connectivity index (χ1n) is 8.41. The van der Waals surface area contributed by atoms with Crippen molar-refractivity contribution in [2.75, 3.05) is 32.8 Å². The van der Waals surface area contributed by atoms with Crippen molar-refractivity contribution >= 4 is 11.9 Å². The third kappa shape index (κ3) is 4.25. The van der Waals surface area contributed by atoms with Crippen LogP contribution in [0.5, 0.6) is 0 Å². The first-order valence-corrected chi connectivity index (χ1v) is 8.41. The summed E-state index contributed by atoms with van der Waals surface area (Å²) in [5.41, 5.74) is 0.0977. The smallest absolute Gasteiger partial charge is 0.317 e. The van der Waals surface area contributed by atoms with Crippen molar-refractivity contribution in [1.82, 2.24) is 15.1 Å². The number of carbonyl (C=O) groups excluding carboxylic acids is 2. The highest BCUT2D eigenvalue weighted by atomic mass is 19.1. The quantitative estimate of drug-likeness (QED) is 0.896. The highest BCUT2D eigenvalue weighted by molar-refractivity contribution is 5.81. The van der Waals surface area contributed by atoms with Gasteiger partial charge in [0.2, 0.25) is 0 Å². The summed E-state index contributed by atoms with van der Waals surface area (Å²) in [6.45, 7) is 2.22. The van der Waals surface area contributed by atoms with Crippen LogP contribution in [-0.2, 0) is 16.1 Å². The molecule has 2 aliphatic rings. The fourth-order valence-electron chi connectivity index (χ4n) is 3.07. The highest BCUT2D eigenvalue weighted by Crippen LogP contribution is 2.16. The van der Waals surface area contributed by atoms with Crippen LogP contribution in [-0.4, -0.2) is 60.6 Å². The van der Waals surface area contributed by atoms with Crippen LogP contribution in [0.4, 0.5) is 13.6 Å². The minimum absolute atomic E-state index is 0.0145. The number of hydrogen-bond acceptors (Lipinski definition) is 3. The molecule has 0 aromatic heterocycles. The van der Waals surface area contributed by atoms with E-state index in [-0.39, 0.29) is 30.2 Å². The molecule has 0 spiro atoms. The second-order valence-electron chi connectivity index (χ2n) is 6.21. The number of ether oxygens (including phenoxy) is 1. The normalized spacial score (nSPS) is 20.6. The van der Waals surface area contributed by atoms with Crippen molar-refractivity contribution in [1.29, 1.82) is 0 Å². The Balaban J connectivity index is 1.46. The van der Waals surface area contributed by atoms with E-state index in [1.54, 1.807) is 9.80 Å². The molecule has 2 saturated heterocycles. The number of hydrogen-bond donors (Lipinski definition) is 1. The zero-order valence-electron chi connectivity index (χ0n) is 13.8. The van der Waals surface area contributed by atoms with Gasteiger partial charge < -0.3 is 19.9 Å². The first-order chi connectivity index (χ1) is 12.0. The van der Waals surface area contributed by atoms with Crippen LogP contribution in [0.25, 0.3) is 0 Å². The predicted molar refractivity (Wildman–Crippen MR) is 85.7 cm³/mol. The van der Waals surface area contributed by atoms with Gasteiger partial charge in [-0.05, 0) is 31.0 Å². The van der Waals surface area contributed by atoms with Gasteiger partial charge in [-0.15, -0.1) is 0 Å². The number of amides is 3. The van der Waals surface area contributed by atoms with Crippen molar-refractivity contribution in [3.05, 3.63) is 35.4 Å². The van der Waals surface area contributed by atoms with Gasteiger partial charge in [-0.3, -0.25) is 4.79 Å². The number of carbonyl (C=O) groups is 2. The maximum atomic E-state index is 13.6. The fraction of sp³-hybridized carbons (Fsp3) is 0.529. The van der Waals surface area contributed by atoms with Crippen LogP contribution < -0.4 is 5.32 Å². The van der Waals surface area contributed by atoms with E-state index in [0.717, 1.165) is 31.0 Å². The first kappa shape index (κ1) is 17.6. The van der Waals surface area contributed by atoms with Gasteiger partial charge in [-0.25, -0.2) is 13.6 Å². The second-order valence-corrected chi connectivity index (χ2v) is 6.21. The van der Waals surface area contributed by atoms with E-state index in [9.17, 15) is 18.4 Å². The molecule has 8 heteroatoms. The van der Waals surface area contributed by atoms with Crippen molar-refractivity contribution < 1.29 is 23.1 Å². The lowest BCUT2D eigenvalue weighted by molar-refractivity contribution is -0.142. The van der Waals surface area contributed by atoms with E-state index in [1.165, 1.54) is 0 Å². The van der Waals surface area contributed by atoms with Gasteiger partial charge in [0, 0.05) is 44.9 Å². The van der Waals surface area contributed by atoms with Gasteiger partial charge in [0.05, 0.1) is 0 Å². The minimum atomic E-state index is -0.561. The molecule has 3 amide bonds. The molecule has 1 unspecified atom stereocenters. The summed E-state index contributed by atoms with van der Waals surface area (Å²) in [5.74, 6) is -1.13. The fourth-order valence-corrected chi connectivity index (χ4v) is 3.07. The second kappa shape index (κ2) is 7.77. The van der Waals surface area contributed by atoms with E-state index >= 15 is 0 Å². The molecule has 0 aliphatic carbocycles. The lowest BCUT2D eigenvalue weighted by atomic mass is 10.2. The number of urea groups is 1. The van der Waals surface area contributed by atoms with Gasteiger partial charge in [0.1, 0.15) is 17.7 Å². The molecule has 1 N–H and O–H groups in total. The predicted octanol–water partition coefficient (Wildman–Crippen LogP) is 1.50. The van der Waals surface area contributed by atoms with E-state index < -0.39 is 11.6 Å². The van der Waals surface area contributed by atoms with Crippen LogP contribution in [0.2, 0.25) is 0 Å². The summed E-state index contributed by atoms with van der Waals surface area (Å²) in [5, 5.41) is 2.59. The maximum absolute atomic E-state index is 13.6. The molecule has 6 nitrogen and oxygen atoms in total. The Morgan fingerprint density at radius 1 is 1.16 bits per heavy atom. The molecule has 3 rings (SSSR count). The average molecular weight is 353 g/mol. The number of rotatable bonds is 3. The van der Waals surface area contributed by atoms with E-state index in [2.05, 4.69) is 5.32 Å². The summed E-state index contributed by atoms with van der Waals surface area (Å²) in [4.78, 5) is 27.7. The topological polar surface area (TPSA) is 61.9 Å². The number of halogens is 2. The van der Waals surface area contributed by atoms with Crippen LogP contribution in [0.3, 0.4) is 0 Å². The Labute approximate surface area is 144 Å². The van der Waals surface area contributed by atoms with E-state index in [4.69, 9.17) is 4.74 Å². The van der Waals surface area contributed by atoms with Crippen LogP contribution >= 0.6 is 0 Å². The molecule has 1 aromatic carbocycles. The standard InChI is InChI=1S/C17H21F2N3O3/c18-13-3-4-14(19)12(10-13)11-20-17(24)22-7-5-21(6-8-22)16(23)15-2-1-9-25-15/h3-4,10,15H,1-2,5-9,11H2,(H,20,24). The van der Waals surface area contributed by atoms with Crippen molar-refractivity contribution in [2.45, 2.75) is 25.5 Å². The third-order valence-electron chi connectivity index (χ3n) is 4.52. The van der Waals surface area contributed by atoms with Crippen LogP contribution in [0.15, 0.2) is 18.2 Å². The summed E-state index contributed by atoms with van der Waals surface area (Å²) in [6, 6.07) is 2.78. The van der Waals surface area contributed by atoms with E-state index in [1.807, 2.05) is 0 Å². The van der Waals surface area contributed by atoms with Gasteiger partial charge in [-0.2, -0.15) is 0 Å². The summed E-state index contributed by atoms with van der Waals surface area (Å²) < 4.78 is 32.1. The van der Waals surface area contributed by atoms with Gasteiger partial charge in [0.25, 0.3) is 5.91 Å². The average Bonchev–Trinajstić information content (AvgIpc) is 3.16. The molecule has 136 valence electrons. The molecule has 0 bridgehead atoms. The zero-order chi connectivity index (χ0) is 17.8. The molecular weight excluding hydrogens is 332 g/mol. The van der Waals surface area contributed by atoms with E-state index in [0.29, 0.717) is 32.8 Å². The molecule has 1 aromatic rings. The summed E-state index contributed by atoms with van der Waals surface area (Å²) >= 11 is 0. The lowest BCUT2D eigenvalue weighted by Crippen LogP contribution is -2.54. The number of piperazine rings is 1. The number of nitrogens with zero attached hydrogens (tertiary/aromatic N) is 2. The molecule has 0 radical (unpaired) electrons. The molecule has 2 heterocycles. The van der Waals surface area contributed by atoms with Crippen molar-refractivity contribution in [2.24, 2.45) is 0 Å². The Hall–Kier alpha value is -2.22. The third-order valence-corrected chi connectivity index (χ3v) is 4.52. The largest absolute Gasteiger partial charge is 0.368 e. The Morgan fingerprint density at radius 3 is 2.56 bits per heavy atom. The van der Waals surface area contributed by atoms with Crippen LogP contribution in [0, 0.1) is 11.6 Å². The Kier molecular flexibility index (Phi) is 5.47. The van der Waals surface area contributed by atoms with Crippen molar-refractivity contribution in [3.8, 4) is 0 Å².